The van der Waals surface area contributed by atoms with Crippen LogP contribution in [-0.4, -0.2) is 40.4 Å². The Morgan fingerprint density at radius 2 is 1.84 bits per heavy atom. The SMILES string of the molecule is CC(=O)NC(C)C(=O)O/N=C(\N)c1cnc(Oc2ccc(NC(=O)OC(C)(C)C)cc2)s1. The molecule has 1 aromatic carbocycles. The summed E-state index contributed by atoms with van der Waals surface area (Å²) in [5.41, 5.74) is 5.76. The number of carbonyl (C=O) groups is 3. The normalized spacial score (nSPS) is 12.5. The zero-order valence-corrected chi connectivity index (χ0v) is 19.1. The molecular formula is C20H25N5O6S. The summed E-state index contributed by atoms with van der Waals surface area (Å²) in [5.74, 6) is -0.724. The number of nitrogens with two attached hydrogens (primary N) is 1. The van der Waals surface area contributed by atoms with Crippen molar-refractivity contribution in [2.45, 2.75) is 46.3 Å². The van der Waals surface area contributed by atoms with Crippen LogP contribution in [0.1, 0.15) is 39.5 Å². The maximum Gasteiger partial charge on any atom is 0.412 e. The van der Waals surface area contributed by atoms with Crippen LogP contribution in [-0.2, 0) is 19.2 Å². The fourth-order valence-electron chi connectivity index (χ4n) is 2.13. The first kappa shape index (κ1) is 24.6. The largest absolute Gasteiger partial charge is 0.444 e. The van der Waals surface area contributed by atoms with Crippen molar-refractivity contribution in [3.8, 4) is 10.9 Å². The van der Waals surface area contributed by atoms with Gasteiger partial charge in [0.1, 0.15) is 17.4 Å². The number of carbonyl (C=O) groups excluding carboxylic acids is 3. The van der Waals surface area contributed by atoms with Crippen molar-refractivity contribution in [1.29, 1.82) is 0 Å². The number of hydrogen-bond donors (Lipinski definition) is 3. The lowest BCUT2D eigenvalue weighted by molar-refractivity contribution is -0.147. The van der Waals surface area contributed by atoms with Crippen LogP contribution in [0.4, 0.5) is 10.5 Å². The van der Waals surface area contributed by atoms with E-state index in [4.69, 9.17) is 20.0 Å². The predicted octanol–water partition coefficient (Wildman–Crippen LogP) is 2.97. The van der Waals surface area contributed by atoms with E-state index >= 15 is 0 Å². The molecule has 172 valence electrons. The lowest BCUT2D eigenvalue weighted by atomic mass is 10.2. The van der Waals surface area contributed by atoms with E-state index < -0.39 is 23.7 Å². The molecule has 4 N–H and O–H groups in total. The molecule has 11 nitrogen and oxygen atoms in total. The number of thiazole rings is 1. The number of benzene rings is 1. The van der Waals surface area contributed by atoms with Gasteiger partial charge in [0.05, 0.1) is 11.1 Å². The van der Waals surface area contributed by atoms with Crippen LogP contribution in [0.5, 0.6) is 10.9 Å². The Bertz CT molecular complexity index is 997. The van der Waals surface area contributed by atoms with E-state index in [-0.39, 0.29) is 16.9 Å². The summed E-state index contributed by atoms with van der Waals surface area (Å²) < 4.78 is 10.8. The number of amidine groups is 1. The van der Waals surface area contributed by atoms with Gasteiger partial charge in [-0.2, -0.15) is 0 Å². The lowest BCUT2D eigenvalue weighted by Crippen LogP contribution is -2.37. The van der Waals surface area contributed by atoms with Gasteiger partial charge >= 0.3 is 12.1 Å². The number of nitrogens with zero attached hydrogens (tertiary/aromatic N) is 2. The van der Waals surface area contributed by atoms with E-state index in [0.717, 1.165) is 11.3 Å². The highest BCUT2D eigenvalue weighted by Gasteiger charge is 2.17. The van der Waals surface area contributed by atoms with E-state index in [9.17, 15) is 14.4 Å². The lowest BCUT2D eigenvalue weighted by Gasteiger charge is -2.19. The smallest absolute Gasteiger partial charge is 0.412 e. The summed E-state index contributed by atoms with van der Waals surface area (Å²) in [5, 5.41) is 8.85. The van der Waals surface area contributed by atoms with Gasteiger partial charge in [0.25, 0.3) is 5.19 Å². The quantitative estimate of drug-likeness (QED) is 0.245. The Kier molecular flexibility index (Phi) is 8.13. The fraction of sp³-hybridized carbons (Fsp3) is 0.350. The Hall–Kier alpha value is -3.67. The third-order valence-corrected chi connectivity index (χ3v) is 4.35. The van der Waals surface area contributed by atoms with Crippen LogP contribution in [0.15, 0.2) is 35.6 Å². The van der Waals surface area contributed by atoms with Gasteiger partial charge in [-0.1, -0.05) is 16.5 Å². The molecule has 0 saturated heterocycles. The van der Waals surface area contributed by atoms with Gasteiger partial charge in [-0.3, -0.25) is 10.1 Å². The van der Waals surface area contributed by atoms with Crippen molar-refractivity contribution in [3.05, 3.63) is 35.3 Å². The van der Waals surface area contributed by atoms with Gasteiger partial charge in [-0.05, 0) is 52.0 Å². The zero-order chi connectivity index (χ0) is 23.9. The van der Waals surface area contributed by atoms with Crippen LogP contribution in [0, 0.1) is 0 Å². The molecule has 12 heteroatoms. The molecule has 0 aliphatic heterocycles. The molecule has 1 atom stereocenters. The topological polar surface area (TPSA) is 154 Å². The molecule has 0 spiro atoms. The highest BCUT2D eigenvalue weighted by Crippen LogP contribution is 2.27. The highest BCUT2D eigenvalue weighted by atomic mass is 32.1. The molecule has 0 radical (unpaired) electrons. The first-order chi connectivity index (χ1) is 14.9. The number of aromatic nitrogens is 1. The molecule has 1 aromatic heterocycles. The maximum atomic E-state index is 11.8. The molecule has 2 aromatic rings. The van der Waals surface area contributed by atoms with Crippen molar-refractivity contribution in [3.63, 3.8) is 0 Å². The highest BCUT2D eigenvalue weighted by molar-refractivity contribution is 7.15. The molecular weight excluding hydrogens is 438 g/mol. The Balaban J connectivity index is 1.93. The van der Waals surface area contributed by atoms with E-state index in [1.807, 2.05) is 0 Å². The van der Waals surface area contributed by atoms with Crippen molar-refractivity contribution in [2.24, 2.45) is 10.9 Å². The maximum absolute atomic E-state index is 11.8. The van der Waals surface area contributed by atoms with E-state index in [1.165, 1.54) is 20.0 Å². The number of rotatable bonds is 7. The Morgan fingerprint density at radius 1 is 1.19 bits per heavy atom. The van der Waals surface area contributed by atoms with Crippen LogP contribution in [0.25, 0.3) is 0 Å². The van der Waals surface area contributed by atoms with Crippen LogP contribution < -0.4 is 21.1 Å². The number of amides is 2. The Labute approximate surface area is 188 Å². The first-order valence-electron chi connectivity index (χ1n) is 9.48. The zero-order valence-electron chi connectivity index (χ0n) is 18.3. The number of oxime groups is 1. The summed E-state index contributed by atoms with van der Waals surface area (Å²) in [6.45, 7) is 8.08. The molecule has 0 fully saturated rings. The molecule has 0 saturated carbocycles. The van der Waals surface area contributed by atoms with Crippen molar-refractivity contribution in [2.75, 3.05) is 5.32 Å². The third-order valence-electron chi connectivity index (χ3n) is 3.45. The van der Waals surface area contributed by atoms with Gasteiger partial charge in [0.15, 0.2) is 5.84 Å². The van der Waals surface area contributed by atoms with Crippen LogP contribution in [0.3, 0.4) is 0 Å². The number of nitrogens with one attached hydrogen (secondary N) is 2. The van der Waals surface area contributed by atoms with Gasteiger partial charge in [-0.15, -0.1) is 0 Å². The summed E-state index contributed by atoms with van der Waals surface area (Å²) in [4.78, 5) is 43.8. The minimum atomic E-state index is -0.864. The standard InChI is InChI=1S/C20H25N5O6S/c1-11(23-12(2)26)17(27)31-25-16(21)15-10-22-19(32-15)29-14-8-6-13(7-9-14)24-18(28)30-20(3,4)5/h6-11H,1-5H3,(H2,21,25)(H,23,26)(H,24,28). The first-order valence-corrected chi connectivity index (χ1v) is 10.3. The van der Waals surface area contributed by atoms with Gasteiger partial charge in [-0.25, -0.2) is 14.6 Å². The summed E-state index contributed by atoms with van der Waals surface area (Å²) in [7, 11) is 0. The molecule has 1 heterocycles. The van der Waals surface area contributed by atoms with Gasteiger partial charge < -0.3 is 25.4 Å². The number of hydrogen-bond acceptors (Lipinski definition) is 9. The van der Waals surface area contributed by atoms with Crippen molar-refractivity contribution in [1.82, 2.24) is 10.3 Å². The fourth-order valence-corrected chi connectivity index (χ4v) is 2.81. The average Bonchev–Trinajstić information content (AvgIpc) is 3.14. The molecule has 0 bridgehead atoms. The second-order valence-electron chi connectivity index (χ2n) is 7.55. The molecule has 1 unspecified atom stereocenters. The van der Waals surface area contributed by atoms with E-state index in [2.05, 4.69) is 20.8 Å². The summed E-state index contributed by atoms with van der Waals surface area (Å²) in [6, 6.07) is 5.74. The molecule has 0 aliphatic rings. The third kappa shape index (κ3) is 8.22. The second-order valence-corrected chi connectivity index (χ2v) is 8.55. The second kappa shape index (κ2) is 10.6. The summed E-state index contributed by atoms with van der Waals surface area (Å²) >= 11 is 1.09. The van der Waals surface area contributed by atoms with Gasteiger partial charge in [0.2, 0.25) is 5.91 Å². The van der Waals surface area contributed by atoms with Crippen molar-refractivity contribution >= 4 is 40.8 Å². The summed E-state index contributed by atoms with van der Waals surface area (Å²) in [6.07, 6.45) is 0.861. The molecule has 2 amide bonds. The number of anilines is 1. The van der Waals surface area contributed by atoms with Gasteiger partial charge in [0, 0.05) is 12.6 Å². The monoisotopic (exact) mass is 463 g/mol. The molecule has 32 heavy (non-hydrogen) atoms. The van der Waals surface area contributed by atoms with Crippen molar-refractivity contribution < 1.29 is 28.7 Å². The number of ether oxygens (including phenoxy) is 2. The predicted molar refractivity (Wildman–Crippen MR) is 119 cm³/mol. The van der Waals surface area contributed by atoms with E-state index in [1.54, 1.807) is 45.0 Å². The minimum Gasteiger partial charge on any atom is -0.444 e. The van der Waals surface area contributed by atoms with Crippen LogP contribution in [0.2, 0.25) is 0 Å². The van der Waals surface area contributed by atoms with Crippen LogP contribution >= 0.6 is 11.3 Å². The minimum absolute atomic E-state index is 0.0716. The Morgan fingerprint density at radius 3 is 2.44 bits per heavy atom. The van der Waals surface area contributed by atoms with E-state index in [0.29, 0.717) is 16.3 Å². The molecule has 2 rings (SSSR count). The average molecular weight is 464 g/mol. The molecule has 0 aliphatic carbocycles.